The first kappa shape index (κ1) is 28.2. The summed E-state index contributed by atoms with van der Waals surface area (Å²) < 4.78 is 0. The summed E-state index contributed by atoms with van der Waals surface area (Å²) in [5, 5.41) is 14.6. The minimum Gasteiger partial charge on any atom is -0.399 e. The predicted octanol–water partition coefficient (Wildman–Crippen LogP) is 1.30. The van der Waals surface area contributed by atoms with E-state index in [-0.39, 0.29) is 16.8 Å². The van der Waals surface area contributed by atoms with Gasteiger partial charge in [0.1, 0.15) is 51.3 Å². The van der Waals surface area contributed by atoms with Crippen LogP contribution < -0.4 is 0 Å². The summed E-state index contributed by atoms with van der Waals surface area (Å²) in [5.74, 6) is 0. The Kier molecular flexibility index (Phi) is 24.4. The van der Waals surface area contributed by atoms with Crippen molar-refractivity contribution >= 4 is 39.7 Å². The molecule has 0 aromatic carbocycles. The summed E-state index contributed by atoms with van der Waals surface area (Å²) in [4.78, 5) is 18.1. The highest BCUT2D eigenvalue weighted by atomic mass is 16.6. The normalized spacial score (nSPS) is 12.0. The van der Waals surface area contributed by atoms with E-state index in [4.69, 9.17) is 0 Å². The molecule has 0 rings (SSSR count). The lowest BCUT2D eigenvalue weighted by Crippen LogP contribution is -2.05. The van der Waals surface area contributed by atoms with Crippen LogP contribution in [-0.4, -0.2) is 68.1 Å². The number of oxime groups is 4. The van der Waals surface area contributed by atoms with Gasteiger partial charge in [0.25, 0.3) is 0 Å². The first-order valence-corrected chi connectivity index (χ1v) is 5.76. The van der Waals surface area contributed by atoms with Gasteiger partial charge in [-0.1, -0.05) is 20.6 Å². The largest absolute Gasteiger partial charge is 0.399 e. The van der Waals surface area contributed by atoms with E-state index in [0.717, 1.165) is 0 Å². The van der Waals surface area contributed by atoms with Gasteiger partial charge in [-0.05, 0) is 27.7 Å². The topological polar surface area (TPSA) is 86.4 Å². The van der Waals surface area contributed by atoms with E-state index >= 15 is 0 Å². The molecule has 22 heavy (non-hydrogen) atoms. The summed E-state index contributed by atoms with van der Waals surface area (Å²) in [7, 11) is 5.96. The zero-order chi connectivity index (χ0) is 16.0. The molecule has 0 saturated heterocycles. The molecule has 0 aliphatic rings. The van der Waals surface area contributed by atoms with E-state index in [1.807, 2.05) is 0 Å². The summed E-state index contributed by atoms with van der Waals surface area (Å²) in [6, 6.07) is 0. The Morgan fingerprint density at radius 3 is 0.682 bits per heavy atom. The lowest BCUT2D eigenvalue weighted by Gasteiger charge is -1.95. The maximum atomic E-state index is 4.52. The fourth-order valence-corrected chi connectivity index (χ4v) is 0.812. The van der Waals surface area contributed by atoms with Gasteiger partial charge < -0.3 is 19.4 Å². The van der Waals surface area contributed by atoms with Gasteiger partial charge in [-0.3, -0.25) is 0 Å². The van der Waals surface area contributed by atoms with Gasteiger partial charge in [0.15, 0.2) is 0 Å². The van der Waals surface area contributed by atoms with Gasteiger partial charge in [0, 0.05) is 16.8 Å². The van der Waals surface area contributed by atoms with Gasteiger partial charge in [-0.25, -0.2) is 0 Å². The highest BCUT2D eigenvalue weighted by Gasteiger charge is 1.96. The molecule has 0 saturated carbocycles. The first-order valence-electron chi connectivity index (χ1n) is 5.76. The number of hydrogen-bond donors (Lipinski definition) is 0. The third kappa shape index (κ3) is 16.1. The second-order valence-corrected chi connectivity index (χ2v) is 3.44. The van der Waals surface area contributed by atoms with Crippen molar-refractivity contribution in [2.75, 3.05) is 28.4 Å². The van der Waals surface area contributed by atoms with Crippen LogP contribution in [0.5, 0.6) is 0 Å². The molecule has 10 heteroatoms. The van der Waals surface area contributed by atoms with E-state index in [1.54, 1.807) is 27.7 Å². The van der Waals surface area contributed by atoms with Crippen LogP contribution >= 0.6 is 0 Å². The van der Waals surface area contributed by atoms with Gasteiger partial charge in [0.2, 0.25) is 0 Å². The second-order valence-electron chi connectivity index (χ2n) is 3.44. The molecule has 0 aromatic rings. The van der Waals surface area contributed by atoms with E-state index in [1.165, 1.54) is 28.4 Å². The molecule has 8 nitrogen and oxygen atoms in total. The lowest BCUT2D eigenvalue weighted by molar-refractivity contribution is 0.209. The SMILES string of the molecule is CON=C(C)C(C)=NOC.CON=C(C)C(C)=NOC.[B].[B]. The van der Waals surface area contributed by atoms with Crippen molar-refractivity contribution in [3.8, 4) is 0 Å². The number of nitrogens with zero attached hydrogens (tertiary/aromatic N) is 4. The number of rotatable bonds is 6. The molecule has 0 atom stereocenters. The molecule has 0 aliphatic heterocycles. The molecular formula is C12H24B2N4O4. The van der Waals surface area contributed by atoms with Crippen LogP contribution in [0.4, 0.5) is 0 Å². The highest BCUT2D eigenvalue weighted by Crippen LogP contribution is 1.85. The highest BCUT2D eigenvalue weighted by molar-refractivity contribution is 6.40. The van der Waals surface area contributed by atoms with E-state index in [9.17, 15) is 0 Å². The zero-order valence-electron chi connectivity index (χ0n) is 14.6. The van der Waals surface area contributed by atoms with Crippen LogP contribution in [0, 0.1) is 0 Å². The molecule has 0 N–H and O–H groups in total. The Balaban J connectivity index is -0.000000135. The molecule has 0 heterocycles. The molecular weight excluding hydrogens is 286 g/mol. The average molecular weight is 310 g/mol. The van der Waals surface area contributed by atoms with Crippen molar-refractivity contribution in [2.45, 2.75) is 27.7 Å². The Morgan fingerprint density at radius 1 is 0.455 bits per heavy atom. The molecule has 122 valence electrons. The van der Waals surface area contributed by atoms with Crippen molar-refractivity contribution in [2.24, 2.45) is 20.6 Å². The molecule has 0 spiro atoms. The van der Waals surface area contributed by atoms with Gasteiger partial charge in [-0.15, -0.1) is 0 Å². The maximum Gasteiger partial charge on any atom is 0.106 e. The Bertz CT molecular complexity index is 313. The fraction of sp³-hybridized carbons (Fsp3) is 0.667. The molecule has 0 unspecified atom stereocenters. The molecule has 0 aliphatic carbocycles. The summed E-state index contributed by atoms with van der Waals surface area (Å²) in [6.45, 7) is 7.17. The predicted molar refractivity (Wildman–Crippen MR) is 92.0 cm³/mol. The summed E-state index contributed by atoms with van der Waals surface area (Å²) in [5.41, 5.74) is 2.85. The van der Waals surface area contributed by atoms with Crippen LogP contribution in [-0.2, 0) is 19.4 Å². The average Bonchev–Trinajstić information content (AvgIpc) is 2.40. The number of hydrogen-bond acceptors (Lipinski definition) is 8. The third-order valence-electron chi connectivity index (χ3n) is 1.96. The van der Waals surface area contributed by atoms with E-state index in [0.29, 0.717) is 22.8 Å². The van der Waals surface area contributed by atoms with Crippen LogP contribution in [0.3, 0.4) is 0 Å². The zero-order valence-corrected chi connectivity index (χ0v) is 14.6. The van der Waals surface area contributed by atoms with E-state index in [2.05, 4.69) is 40.0 Å². The van der Waals surface area contributed by atoms with Crippen molar-refractivity contribution in [1.82, 2.24) is 0 Å². The van der Waals surface area contributed by atoms with Crippen molar-refractivity contribution in [1.29, 1.82) is 0 Å². The van der Waals surface area contributed by atoms with Gasteiger partial charge in [0.05, 0.1) is 0 Å². The molecule has 0 fully saturated rings. The van der Waals surface area contributed by atoms with Crippen molar-refractivity contribution in [3.05, 3.63) is 0 Å². The van der Waals surface area contributed by atoms with Crippen molar-refractivity contribution < 1.29 is 19.4 Å². The molecule has 0 amide bonds. The van der Waals surface area contributed by atoms with Gasteiger partial charge in [-0.2, -0.15) is 0 Å². The minimum atomic E-state index is 0. The third-order valence-corrected chi connectivity index (χ3v) is 1.96. The van der Waals surface area contributed by atoms with Crippen molar-refractivity contribution in [3.63, 3.8) is 0 Å². The van der Waals surface area contributed by atoms with Crippen LogP contribution in [0.2, 0.25) is 0 Å². The summed E-state index contributed by atoms with van der Waals surface area (Å²) in [6.07, 6.45) is 0. The minimum absolute atomic E-state index is 0. The smallest absolute Gasteiger partial charge is 0.106 e. The lowest BCUT2D eigenvalue weighted by atomic mass is 10.3. The Hall–Kier alpha value is -1.99. The quantitative estimate of drug-likeness (QED) is 0.420. The first-order chi connectivity index (χ1) is 9.44. The van der Waals surface area contributed by atoms with E-state index < -0.39 is 0 Å². The Labute approximate surface area is 136 Å². The standard InChI is InChI=1S/2C6H12N2O2.2B/c2*1-5(7-9-3)6(2)8-10-4;;/h2*1-4H3;;. The maximum absolute atomic E-state index is 4.52. The monoisotopic (exact) mass is 310 g/mol. The Morgan fingerprint density at radius 2 is 0.591 bits per heavy atom. The summed E-state index contributed by atoms with van der Waals surface area (Å²) >= 11 is 0. The van der Waals surface area contributed by atoms with Crippen LogP contribution in [0.25, 0.3) is 0 Å². The molecule has 6 radical (unpaired) electrons. The second kappa shape index (κ2) is 19.0. The molecule has 0 aromatic heterocycles. The van der Waals surface area contributed by atoms with Gasteiger partial charge >= 0.3 is 0 Å². The fourth-order valence-electron chi connectivity index (χ4n) is 0.812. The van der Waals surface area contributed by atoms with Crippen LogP contribution in [0.1, 0.15) is 27.7 Å². The van der Waals surface area contributed by atoms with Crippen LogP contribution in [0.15, 0.2) is 20.6 Å². The molecule has 0 bridgehead atoms.